The van der Waals surface area contributed by atoms with E-state index in [1.54, 1.807) is 0 Å². The maximum atomic E-state index is 13.2. The highest BCUT2D eigenvalue weighted by molar-refractivity contribution is 5.98. The van der Waals surface area contributed by atoms with Crippen LogP contribution in [0.3, 0.4) is 0 Å². The number of hydrogen-bond donors (Lipinski definition) is 1. The molecule has 1 N–H and O–H groups in total. The monoisotopic (exact) mass is 540 g/mol. The number of pyridine rings is 1. The van der Waals surface area contributed by atoms with Gasteiger partial charge in [-0.25, -0.2) is 9.78 Å². The highest BCUT2D eigenvalue weighted by Gasteiger charge is 2.37. The molecule has 2 aliphatic rings. The van der Waals surface area contributed by atoms with E-state index in [1.807, 2.05) is 25.1 Å². The van der Waals surface area contributed by atoms with Crippen LogP contribution in [0.25, 0.3) is 0 Å². The van der Waals surface area contributed by atoms with Gasteiger partial charge in [-0.1, -0.05) is 43.2 Å². The minimum absolute atomic E-state index is 0.0686. The van der Waals surface area contributed by atoms with Crippen LogP contribution in [-0.2, 0) is 30.2 Å². The van der Waals surface area contributed by atoms with Gasteiger partial charge in [0.05, 0.1) is 32.5 Å². The van der Waals surface area contributed by atoms with Crippen molar-refractivity contribution >= 4 is 17.8 Å². The van der Waals surface area contributed by atoms with Crippen LogP contribution in [0.1, 0.15) is 55.6 Å². The molecule has 1 aliphatic carbocycles. The van der Waals surface area contributed by atoms with E-state index in [0.29, 0.717) is 13.0 Å². The van der Waals surface area contributed by atoms with Crippen LogP contribution in [0.2, 0.25) is 0 Å². The lowest BCUT2D eigenvalue weighted by Crippen LogP contribution is -2.47. The molecule has 2 fully saturated rings. The first-order valence-corrected chi connectivity index (χ1v) is 13.4. The smallest absolute Gasteiger partial charge is 0.331 e. The van der Waals surface area contributed by atoms with Crippen LogP contribution in [0.5, 0.6) is 11.5 Å². The Hall–Kier alpha value is -3.50. The molecular weight excluding hydrogens is 504 g/mol. The zero-order valence-electron chi connectivity index (χ0n) is 22.6. The fourth-order valence-electron chi connectivity index (χ4n) is 5.10. The number of methoxy groups -OCH3 is 1. The first-order valence-electron chi connectivity index (χ1n) is 13.4. The number of aromatic nitrogens is 1. The first kappa shape index (κ1) is 28.5. The average molecular weight is 541 g/mol. The van der Waals surface area contributed by atoms with Crippen molar-refractivity contribution in [2.75, 3.05) is 20.3 Å². The molecular formula is C29H36N2O8. The molecule has 1 saturated carbocycles. The summed E-state index contributed by atoms with van der Waals surface area (Å²) >= 11 is 0. The molecule has 4 atom stereocenters. The molecule has 1 saturated heterocycles. The number of nitrogens with one attached hydrogen (secondary N) is 1. The molecule has 0 bridgehead atoms. The van der Waals surface area contributed by atoms with Gasteiger partial charge in [0.15, 0.2) is 17.5 Å². The van der Waals surface area contributed by atoms with Crippen molar-refractivity contribution < 1.29 is 38.1 Å². The fraction of sp³-hybridized carbons (Fsp3) is 0.517. The number of amides is 1. The van der Waals surface area contributed by atoms with Crippen LogP contribution in [0.4, 0.5) is 0 Å². The van der Waals surface area contributed by atoms with Gasteiger partial charge in [-0.05, 0) is 31.7 Å². The lowest BCUT2D eigenvalue weighted by Gasteiger charge is -2.33. The van der Waals surface area contributed by atoms with Crippen molar-refractivity contribution in [1.82, 2.24) is 10.3 Å². The van der Waals surface area contributed by atoms with Crippen molar-refractivity contribution in [3.8, 4) is 11.5 Å². The third kappa shape index (κ3) is 7.54. The molecule has 2 aromatic rings. The molecule has 2 heterocycles. The summed E-state index contributed by atoms with van der Waals surface area (Å²) in [5.74, 6) is -2.07. The summed E-state index contributed by atoms with van der Waals surface area (Å²) in [4.78, 5) is 42.1. The zero-order chi connectivity index (χ0) is 27.8. The molecule has 1 aromatic carbocycles. The molecule has 210 valence electrons. The molecule has 1 amide bonds. The number of carbonyl (C=O) groups is 3. The van der Waals surface area contributed by atoms with Crippen molar-refractivity contribution in [1.29, 1.82) is 0 Å². The van der Waals surface area contributed by atoms with Crippen molar-refractivity contribution in [3.05, 3.63) is 53.9 Å². The molecule has 0 radical (unpaired) electrons. The van der Waals surface area contributed by atoms with E-state index in [2.05, 4.69) is 22.4 Å². The number of nitrogens with zero attached hydrogens (tertiary/aromatic N) is 1. The summed E-state index contributed by atoms with van der Waals surface area (Å²) < 4.78 is 28.8. The molecule has 10 nitrogen and oxygen atoms in total. The Bertz CT molecular complexity index is 1140. The Kier molecular flexibility index (Phi) is 9.89. The quantitative estimate of drug-likeness (QED) is 0.503. The summed E-state index contributed by atoms with van der Waals surface area (Å²) in [7, 11) is 1.38. The van der Waals surface area contributed by atoms with Gasteiger partial charge in [0, 0.05) is 25.1 Å². The van der Waals surface area contributed by atoms with Crippen LogP contribution in [0, 0.1) is 5.92 Å². The second-order valence-corrected chi connectivity index (χ2v) is 9.95. The SMILES string of the molecule is COc1ccnc(C(=O)NC2COCC(Cc3ccccc3)C(OC3CCCC3)C(C)OC2=O)c1OC(C)=O. The van der Waals surface area contributed by atoms with E-state index in [4.69, 9.17) is 23.7 Å². The normalized spacial score (nSPS) is 24.1. The fourth-order valence-corrected chi connectivity index (χ4v) is 5.10. The van der Waals surface area contributed by atoms with Crippen LogP contribution >= 0.6 is 0 Å². The third-order valence-corrected chi connectivity index (χ3v) is 6.98. The van der Waals surface area contributed by atoms with Crippen LogP contribution in [0.15, 0.2) is 42.6 Å². The van der Waals surface area contributed by atoms with Gasteiger partial charge >= 0.3 is 11.9 Å². The predicted octanol–water partition coefficient (Wildman–Crippen LogP) is 3.26. The number of ether oxygens (including phenoxy) is 5. The van der Waals surface area contributed by atoms with E-state index >= 15 is 0 Å². The van der Waals surface area contributed by atoms with E-state index in [-0.39, 0.29) is 41.9 Å². The Balaban J connectivity index is 1.53. The van der Waals surface area contributed by atoms with E-state index in [0.717, 1.165) is 31.2 Å². The van der Waals surface area contributed by atoms with E-state index < -0.39 is 30.0 Å². The Morgan fingerprint density at radius 3 is 2.54 bits per heavy atom. The van der Waals surface area contributed by atoms with Gasteiger partial charge in [0.1, 0.15) is 6.10 Å². The van der Waals surface area contributed by atoms with Gasteiger partial charge in [-0.15, -0.1) is 0 Å². The van der Waals surface area contributed by atoms with Gasteiger partial charge < -0.3 is 29.0 Å². The van der Waals surface area contributed by atoms with Crippen LogP contribution < -0.4 is 14.8 Å². The second kappa shape index (κ2) is 13.5. The molecule has 1 aliphatic heterocycles. The summed E-state index contributed by atoms with van der Waals surface area (Å²) in [6.45, 7) is 3.23. The van der Waals surface area contributed by atoms with Crippen molar-refractivity contribution in [2.24, 2.45) is 5.92 Å². The molecule has 0 spiro atoms. The lowest BCUT2D eigenvalue weighted by molar-refractivity contribution is -0.164. The number of rotatable bonds is 8. The minimum atomic E-state index is -1.11. The third-order valence-electron chi connectivity index (χ3n) is 6.98. The summed E-state index contributed by atoms with van der Waals surface area (Å²) in [6, 6.07) is 10.4. The number of esters is 2. The maximum Gasteiger partial charge on any atom is 0.331 e. The number of benzene rings is 1. The summed E-state index contributed by atoms with van der Waals surface area (Å²) in [6.07, 6.45) is 5.41. The Labute approximate surface area is 228 Å². The van der Waals surface area contributed by atoms with E-state index in [1.165, 1.54) is 26.3 Å². The average Bonchev–Trinajstić information content (AvgIpc) is 3.44. The van der Waals surface area contributed by atoms with E-state index in [9.17, 15) is 14.4 Å². The number of cyclic esters (lactones) is 1. The van der Waals surface area contributed by atoms with Gasteiger partial charge in [-0.3, -0.25) is 9.59 Å². The molecule has 39 heavy (non-hydrogen) atoms. The van der Waals surface area contributed by atoms with Crippen molar-refractivity contribution in [3.63, 3.8) is 0 Å². The summed E-state index contributed by atoms with van der Waals surface area (Å²) in [5, 5.41) is 2.63. The maximum absolute atomic E-state index is 13.2. The highest BCUT2D eigenvalue weighted by Crippen LogP contribution is 2.31. The van der Waals surface area contributed by atoms with Gasteiger partial charge in [0.25, 0.3) is 5.91 Å². The van der Waals surface area contributed by atoms with Gasteiger partial charge in [0.2, 0.25) is 5.75 Å². The van der Waals surface area contributed by atoms with Gasteiger partial charge in [-0.2, -0.15) is 0 Å². The lowest BCUT2D eigenvalue weighted by atomic mass is 9.91. The standard InChI is InChI=1S/C29H36N2O8/c1-18-26(39-22-11-7-8-12-22)21(15-20-9-5-4-6-10-20)16-36-17-23(29(34)37-18)31-28(33)25-27(38-19(2)32)24(35-3)13-14-30-25/h4-6,9-10,13-14,18,21-23,26H,7-8,11-12,15-17H2,1-3H3,(H,31,33). The Morgan fingerprint density at radius 1 is 1.10 bits per heavy atom. The molecule has 4 rings (SSSR count). The largest absolute Gasteiger partial charge is 0.493 e. The topological polar surface area (TPSA) is 122 Å². The minimum Gasteiger partial charge on any atom is -0.493 e. The predicted molar refractivity (Wildman–Crippen MR) is 140 cm³/mol. The zero-order valence-corrected chi connectivity index (χ0v) is 22.6. The Morgan fingerprint density at radius 2 is 1.85 bits per heavy atom. The first-order chi connectivity index (χ1) is 18.9. The van der Waals surface area contributed by atoms with Crippen LogP contribution in [-0.4, -0.2) is 67.5 Å². The summed E-state index contributed by atoms with van der Waals surface area (Å²) in [5.41, 5.74) is 0.936. The number of carbonyl (C=O) groups excluding carboxylic acids is 3. The molecule has 10 heteroatoms. The molecule has 1 aromatic heterocycles. The number of hydrogen-bond acceptors (Lipinski definition) is 9. The second-order valence-electron chi connectivity index (χ2n) is 9.95. The highest BCUT2D eigenvalue weighted by atomic mass is 16.6. The van der Waals surface area contributed by atoms with Crippen molar-refractivity contribution in [2.45, 2.75) is 70.3 Å². The molecule has 4 unspecified atom stereocenters.